The molecule has 0 unspecified atom stereocenters. The molecule has 2 aromatic carbocycles. The van der Waals surface area contributed by atoms with Gasteiger partial charge in [-0.1, -0.05) is 24.3 Å². The van der Waals surface area contributed by atoms with Gasteiger partial charge in [0.15, 0.2) is 12.4 Å². The number of para-hydroxylation sites is 4. The van der Waals surface area contributed by atoms with Gasteiger partial charge in [0.2, 0.25) is 0 Å². The molecule has 1 N–H and O–H groups in total. The number of aryl methyl sites for hydroxylation is 2. The number of benzene rings is 2. The molecule has 140 valence electrons. The van der Waals surface area contributed by atoms with Gasteiger partial charge in [0.1, 0.15) is 5.82 Å². The van der Waals surface area contributed by atoms with Gasteiger partial charge in [-0.05, 0) is 31.5 Å². The number of nitrogens with zero attached hydrogens (tertiary/aromatic N) is 3. The predicted molar refractivity (Wildman–Crippen MR) is 101 cm³/mol. The molecule has 0 aliphatic heterocycles. The lowest BCUT2D eigenvalue weighted by Crippen LogP contribution is -2.30. The number of carbonyl (C=O) groups excluding carboxylic acids is 1. The summed E-state index contributed by atoms with van der Waals surface area (Å²) in [6, 6.07) is 13.9. The second-order valence-corrected chi connectivity index (χ2v) is 6.02. The van der Waals surface area contributed by atoms with Gasteiger partial charge in [-0.2, -0.15) is 0 Å². The molecule has 0 radical (unpaired) electrons. The Kier molecular flexibility index (Phi) is 5.65. The van der Waals surface area contributed by atoms with E-state index in [4.69, 9.17) is 4.74 Å². The number of nitro benzene ring substituents is 1. The third kappa shape index (κ3) is 4.41. The van der Waals surface area contributed by atoms with Crippen molar-refractivity contribution in [3.63, 3.8) is 0 Å². The second kappa shape index (κ2) is 8.31. The Morgan fingerprint density at radius 2 is 1.96 bits per heavy atom. The summed E-state index contributed by atoms with van der Waals surface area (Å²) in [6.07, 6.45) is 0.735. The minimum Gasteiger partial charge on any atom is -0.477 e. The Bertz CT molecular complexity index is 967. The number of nitrogens with one attached hydrogen (secondary N) is 1. The predicted octanol–water partition coefficient (Wildman–Crippen LogP) is 2.84. The zero-order chi connectivity index (χ0) is 19.2. The number of fused-ring (bicyclic) bond motifs is 1. The van der Waals surface area contributed by atoms with Crippen molar-refractivity contribution >= 4 is 22.6 Å². The molecule has 0 aliphatic carbocycles. The van der Waals surface area contributed by atoms with Gasteiger partial charge in [0, 0.05) is 19.2 Å². The molecule has 0 saturated heterocycles. The molecule has 0 fully saturated rings. The Morgan fingerprint density at radius 1 is 1.22 bits per heavy atom. The fourth-order valence-corrected chi connectivity index (χ4v) is 2.87. The maximum absolute atomic E-state index is 11.9. The van der Waals surface area contributed by atoms with Crippen LogP contribution < -0.4 is 10.1 Å². The fourth-order valence-electron chi connectivity index (χ4n) is 2.87. The molecule has 3 aromatic rings. The number of hydrogen-bond donors (Lipinski definition) is 1. The lowest BCUT2D eigenvalue weighted by atomic mass is 10.3. The molecule has 0 saturated carbocycles. The first-order valence-corrected chi connectivity index (χ1v) is 8.61. The Hall–Kier alpha value is -3.42. The van der Waals surface area contributed by atoms with Crippen molar-refractivity contribution in [1.29, 1.82) is 0 Å². The molecule has 0 aliphatic rings. The highest BCUT2D eigenvalue weighted by molar-refractivity contribution is 5.77. The maximum Gasteiger partial charge on any atom is 0.310 e. The van der Waals surface area contributed by atoms with Gasteiger partial charge in [0.25, 0.3) is 5.91 Å². The third-order valence-corrected chi connectivity index (χ3v) is 4.15. The third-order valence-electron chi connectivity index (χ3n) is 4.15. The van der Waals surface area contributed by atoms with Crippen molar-refractivity contribution in [1.82, 2.24) is 14.9 Å². The number of rotatable bonds is 8. The zero-order valence-electron chi connectivity index (χ0n) is 14.9. The van der Waals surface area contributed by atoms with Crippen LogP contribution in [0.4, 0.5) is 5.69 Å². The normalized spacial score (nSPS) is 10.7. The molecule has 0 spiro atoms. The Labute approximate surface area is 155 Å². The van der Waals surface area contributed by atoms with E-state index in [1.54, 1.807) is 12.1 Å². The highest BCUT2D eigenvalue weighted by Crippen LogP contribution is 2.25. The second-order valence-electron chi connectivity index (χ2n) is 6.02. The van der Waals surface area contributed by atoms with Crippen LogP contribution in [0.5, 0.6) is 5.75 Å². The van der Waals surface area contributed by atoms with Gasteiger partial charge < -0.3 is 14.6 Å². The van der Waals surface area contributed by atoms with Crippen LogP contribution in [0.2, 0.25) is 0 Å². The van der Waals surface area contributed by atoms with Gasteiger partial charge in [-0.15, -0.1) is 0 Å². The molecule has 1 aromatic heterocycles. The van der Waals surface area contributed by atoms with Crippen LogP contribution in [-0.2, 0) is 11.3 Å². The number of hydrogen-bond acceptors (Lipinski definition) is 5. The van der Waals surface area contributed by atoms with Gasteiger partial charge >= 0.3 is 5.69 Å². The minimum atomic E-state index is -0.537. The van der Waals surface area contributed by atoms with E-state index in [1.165, 1.54) is 12.1 Å². The van der Waals surface area contributed by atoms with E-state index in [0.717, 1.165) is 29.8 Å². The van der Waals surface area contributed by atoms with E-state index >= 15 is 0 Å². The number of amides is 1. The maximum atomic E-state index is 11.9. The van der Waals surface area contributed by atoms with Crippen molar-refractivity contribution in [2.75, 3.05) is 13.2 Å². The van der Waals surface area contributed by atoms with Crippen molar-refractivity contribution in [3.05, 3.63) is 64.5 Å². The average Bonchev–Trinajstić information content (AvgIpc) is 2.99. The van der Waals surface area contributed by atoms with E-state index in [1.807, 2.05) is 31.2 Å². The van der Waals surface area contributed by atoms with E-state index < -0.39 is 4.92 Å². The minimum absolute atomic E-state index is 0.0816. The van der Waals surface area contributed by atoms with Gasteiger partial charge in [-0.3, -0.25) is 14.9 Å². The summed E-state index contributed by atoms with van der Waals surface area (Å²) in [4.78, 5) is 26.8. The molecule has 1 amide bonds. The monoisotopic (exact) mass is 368 g/mol. The SMILES string of the molecule is Cc1nc2ccccc2n1CCCNC(=O)COc1ccccc1[N+](=O)[O-]. The highest BCUT2D eigenvalue weighted by Gasteiger charge is 2.14. The highest BCUT2D eigenvalue weighted by atomic mass is 16.6. The smallest absolute Gasteiger partial charge is 0.310 e. The fraction of sp³-hybridized carbons (Fsp3) is 0.263. The van der Waals surface area contributed by atoms with Crippen LogP contribution >= 0.6 is 0 Å². The number of imidazole rings is 1. The standard InChI is InChI=1S/C19H20N4O4/c1-14-21-15-7-2-3-8-16(15)22(14)12-6-11-20-19(24)13-27-18-10-5-4-9-17(18)23(25)26/h2-5,7-10H,6,11-13H2,1H3,(H,20,24). The molecule has 1 heterocycles. The van der Waals surface area contributed by atoms with Crippen LogP contribution in [0.1, 0.15) is 12.2 Å². The number of nitro groups is 1. The molecular weight excluding hydrogens is 348 g/mol. The van der Waals surface area contributed by atoms with E-state index in [0.29, 0.717) is 6.54 Å². The first-order chi connectivity index (χ1) is 13.1. The molecule has 27 heavy (non-hydrogen) atoms. The summed E-state index contributed by atoms with van der Waals surface area (Å²) >= 11 is 0. The summed E-state index contributed by atoms with van der Waals surface area (Å²) in [5.74, 6) is 0.695. The number of carbonyl (C=O) groups is 1. The summed E-state index contributed by atoms with van der Waals surface area (Å²) in [6.45, 7) is 2.90. The summed E-state index contributed by atoms with van der Waals surface area (Å²) in [5.41, 5.74) is 1.87. The van der Waals surface area contributed by atoms with Crippen molar-refractivity contribution in [3.8, 4) is 5.75 Å². The quantitative estimate of drug-likeness (QED) is 0.374. The van der Waals surface area contributed by atoms with Crippen LogP contribution in [0.3, 0.4) is 0 Å². The van der Waals surface area contributed by atoms with Crippen LogP contribution in [0.15, 0.2) is 48.5 Å². The van der Waals surface area contributed by atoms with E-state index in [9.17, 15) is 14.9 Å². The van der Waals surface area contributed by atoms with Crippen molar-refractivity contribution in [2.45, 2.75) is 19.9 Å². The first kappa shape index (κ1) is 18.4. The summed E-state index contributed by atoms with van der Waals surface area (Å²) in [5, 5.41) is 13.7. The van der Waals surface area contributed by atoms with Crippen molar-refractivity contribution in [2.24, 2.45) is 0 Å². The summed E-state index contributed by atoms with van der Waals surface area (Å²) in [7, 11) is 0. The molecule has 3 rings (SSSR count). The van der Waals surface area contributed by atoms with Crippen molar-refractivity contribution < 1.29 is 14.5 Å². The summed E-state index contributed by atoms with van der Waals surface area (Å²) < 4.78 is 7.39. The van der Waals surface area contributed by atoms with Crippen LogP contribution in [0, 0.1) is 17.0 Å². The van der Waals surface area contributed by atoms with Crippen LogP contribution in [0.25, 0.3) is 11.0 Å². The van der Waals surface area contributed by atoms with E-state index in [2.05, 4.69) is 14.9 Å². The molecule has 8 heteroatoms. The topological polar surface area (TPSA) is 99.3 Å². The lowest BCUT2D eigenvalue weighted by molar-refractivity contribution is -0.385. The molecular formula is C19H20N4O4. The van der Waals surface area contributed by atoms with Gasteiger partial charge in [-0.25, -0.2) is 4.98 Å². The molecule has 0 atom stereocenters. The van der Waals surface area contributed by atoms with E-state index in [-0.39, 0.29) is 24.0 Å². The zero-order valence-corrected chi connectivity index (χ0v) is 14.9. The number of aromatic nitrogens is 2. The average molecular weight is 368 g/mol. The molecule has 0 bridgehead atoms. The lowest BCUT2D eigenvalue weighted by Gasteiger charge is -2.09. The molecule has 8 nitrogen and oxygen atoms in total. The van der Waals surface area contributed by atoms with Crippen LogP contribution in [-0.4, -0.2) is 33.5 Å². The Balaban J connectivity index is 1.46. The largest absolute Gasteiger partial charge is 0.477 e. The Morgan fingerprint density at radius 3 is 2.78 bits per heavy atom. The first-order valence-electron chi connectivity index (χ1n) is 8.61. The van der Waals surface area contributed by atoms with Gasteiger partial charge in [0.05, 0.1) is 16.0 Å². The number of ether oxygens (including phenoxy) is 1.